The molecular formula is C24H20BrN3O2. The molecule has 1 amide bonds. The summed E-state index contributed by atoms with van der Waals surface area (Å²) in [5.74, 6) is 0.551. The van der Waals surface area contributed by atoms with E-state index in [0.29, 0.717) is 17.8 Å². The lowest BCUT2D eigenvalue weighted by Crippen LogP contribution is -2.23. The third-order valence-corrected chi connectivity index (χ3v) is 5.31. The number of nitrogens with one attached hydrogen (secondary N) is 1. The zero-order valence-electron chi connectivity index (χ0n) is 16.6. The highest BCUT2D eigenvalue weighted by Crippen LogP contribution is 2.26. The van der Waals surface area contributed by atoms with Gasteiger partial charge in [0.2, 0.25) is 0 Å². The summed E-state index contributed by atoms with van der Waals surface area (Å²) in [6, 6.07) is 19.1. The molecule has 6 heteroatoms. The van der Waals surface area contributed by atoms with Crippen molar-refractivity contribution in [1.29, 1.82) is 0 Å². The van der Waals surface area contributed by atoms with Crippen molar-refractivity contribution in [2.45, 2.75) is 13.5 Å². The van der Waals surface area contributed by atoms with Crippen LogP contribution in [0, 0.1) is 6.92 Å². The van der Waals surface area contributed by atoms with Gasteiger partial charge in [-0.25, -0.2) is 4.98 Å². The molecule has 0 aliphatic carbocycles. The van der Waals surface area contributed by atoms with Gasteiger partial charge in [0, 0.05) is 28.2 Å². The number of ether oxygens (including phenoxy) is 1. The summed E-state index contributed by atoms with van der Waals surface area (Å²) in [7, 11) is 1.62. The van der Waals surface area contributed by atoms with Crippen molar-refractivity contribution in [3.05, 3.63) is 88.0 Å². The maximum absolute atomic E-state index is 13.2. The van der Waals surface area contributed by atoms with E-state index in [1.165, 1.54) is 0 Å². The number of fused-ring (bicyclic) bond motifs is 1. The number of carbonyl (C=O) groups excluding carboxylic acids is 1. The standard InChI is InChI=1S/C24H20BrN3O2/c1-15-6-8-20-18(11-15)19(13-22(28-20)21-5-3-4-10-26-21)24(29)27-14-16-12-17(25)7-9-23(16)30-2/h3-13H,14H2,1-2H3,(H,27,29). The Balaban J connectivity index is 1.72. The number of rotatable bonds is 5. The summed E-state index contributed by atoms with van der Waals surface area (Å²) in [5, 5.41) is 3.83. The topological polar surface area (TPSA) is 64.1 Å². The molecule has 5 nitrogen and oxygen atoms in total. The van der Waals surface area contributed by atoms with Crippen LogP contribution in [0.4, 0.5) is 0 Å². The summed E-state index contributed by atoms with van der Waals surface area (Å²) in [4.78, 5) is 22.3. The molecule has 0 aliphatic rings. The zero-order chi connectivity index (χ0) is 21.1. The second kappa shape index (κ2) is 8.63. The number of nitrogens with zero attached hydrogens (tertiary/aromatic N) is 2. The van der Waals surface area contributed by atoms with Crippen LogP contribution in [-0.4, -0.2) is 23.0 Å². The molecule has 0 spiro atoms. The van der Waals surface area contributed by atoms with Gasteiger partial charge >= 0.3 is 0 Å². The predicted molar refractivity (Wildman–Crippen MR) is 122 cm³/mol. The molecule has 0 atom stereocenters. The Morgan fingerprint density at radius 1 is 1.07 bits per heavy atom. The number of aryl methyl sites for hydroxylation is 1. The van der Waals surface area contributed by atoms with Crippen LogP contribution in [-0.2, 0) is 6.54 Å². The summed E-state index contributed by atoms with van der Waals surface area (Å²) < 4.78 is 6.34. The quantitative estimate of drug-likeness (QED) is 0.437. The monoisotopic (exact) mass is 461 g/mol. The van der Waals surface area contributed by atoms with Crippen LogP contribution in [0.2, 0.25) is 0 Å². The molecule has 0 fully saturated rings. The summed E-state index contributed by atoms with van der Waals surface area (Å²) in [5.41, 5.74) is 4.67. The van der Waals surface area contributed by atoms with Crippen LogP contribution >= 0.6 is 15.9 Å². The molecule has 0 unspecified atom stereocenters. The van der Waals surface area contributed by atoms with Crippen molar-refractivity contribution in [3.63, 3.8) is 0 Å². The molecule has 2 aromatic heterocycles. The van der Waals surface area contributed by atoms with Gasteiger partial charge in [-0.3, -0.25) is 9.78 Å². The van der Waals surface area contributed by atoms with Gasteiger partial charge in [-0.05, 0) is 55.5 Å². The van der Waals surface area contributed by atoms with Gasteiger partial charge in [-0.1, -0.05) is 33.6 Å². The van der Waals surface area contributed by atoms with Gasteiger partial charge in [-0.2, -0.15) is 0 Å². The average molecular weight is 462 g/mol. The summed E-state index contributed by atoms with van der Waals surface area (Å²) in [6.07, 6.45) is 1.72. The van der Waals surface area contributed by atoms with E-state index in [1.807, 2.05) is 61.5 Å². The number of carbonyl (C=O) groups is 1. The third-order valence-electron chi connectivity index (χ3n) is 4.82. The number of aromatic nitrogens is 2. The van der Waals surface area contributed by atoms with E-state index in [0.717, 1.165) is 37.9 Å². The molecule has 4 aromatic rings. The first-order valence-electron chi connectivity index (χ1n) is 9.48. The number of benzene rings is 2. The molecular weight excluding hydrogens is 442 g/mol. The lowest BCUT2D eigenvalue weighted by atomic mass is 10.0. The smallest absolute Gasteiger partial charge is 0.252 e. The largest absolute Gasteiger partial charge is 0.496 e. The zero-order valence-corrected chi connectivity index (χ0v) is 18.2. The molecule has 0 saturated carbocycles. The fraction of sp³-hybridized carbons (Fsp3) is 0.125. The Kier molecular flexibility index (Phi) is 5.77. The Morgan fingerprint density at radius 2 is 1.93 bits per heavy atom. The highest BCUT2D eigenvalue weighted by atomic mass is 79.9. The minimum absolute atomic E-state index is 0.174. The Bertz CT molecular complexity index is 1230. The third kappa shape index (κ3) is 4.19. The molecule has 0 bridgehead atoms. The van der Waals surface area contributed by atoms with E-state index in [1.54, 1.807) is 19.4 Å². The van der Waals surface area contributed by atoms with E-state index >= 15 is 0 Å². The van der Waals surface area contributed by atoms with Gasteiger partial charge in [0.25, 0.3) is 5.91 Å². The minimum atomic E-state index is -0.174. The molecule has 4 rings (SSSR count). The molecule has 2 heterocycles. The summed E-state index contributed by atoms with van der Waals surface area (Å²) >= 11 is 3.47. The Labute approximate surface area is 183 Å². The van der Waals surface area contributed by atoms with Crippen LogP contribution in [0.3, 0.4) is 0 Å². The average Bonchev–Trinajstić information content (AvgIpc) is 2.77. The number of halogens is 1. The molecule has 150 valence electrons. The summed E-state index contributed by atoms with van der Waals surface area (Å²) in [6.45, 7) is 2.34. The van der Waals surface area contributed by atoms with Crippen molar-refractivity contribution in [2.24, 2.45) is 0 Å². The van der Waals surface area contributed by atoms with Gasteiger partial charge in [0.1, 0.15) is 5.75 Å². The lowest BCUT2D eigenvalue weighted by molar-refractivity contribution is 0.0952. The normalized spacial score (nSPS) is 10.8. The second-order valence-electron chi connectivity index (χ2n) is 6.93. The van der Waals surface area contributed by atoms with E-state index < -0.39 is 0 Å². The van der Waals surface area contributed by atoms with Crippen molar-refractivity contribution in [3.8, 4) is 17.1 Å². The first kappa shape index (κ1) is 20.0. The number of hydrogen-bond donors (Lipinski definition) is 1. The van der Waals surface area contributed by atoms with Crippen LogP contribution in [0.15, 0.2) is 71.3 Å². The minimum Gasteiger partial charge on any atom is -0.496 e. The molecule has 0 radical (unpaired) electrons. The molecule has 0 aliphatic heterocycles. The van der Waals surface area contributed by atoms with Gasteiger partial charge in [-0.15, -0.1) is 0 Å². The van der Waals surface area contributed by atoms with Crippen molar-refractivity contribution in [1.82, 2.24) is 15.3 Å². The number of pyridine rings is 2. The number of hydrogen-bond acceptors (Lipinski definition) is 4. The van der Waals surface area contributed by atoms with Gasteiger partial charge < -0.3 is 10.1 Å². The van der Waals surface area contributed by atoms with Gasteiger partial charge in [0.05, 0.1) is 29.6 Å². The van der Waals surface area contributed by atoms with Gasteiger partial charge in [0.15, 0.2) is 0 Å². The fourth-order valence-corrected chi connectivity index (χ4v) is 3.74. The second-order valence-corrected chi connectivity index (χ2v) is 7.85. The number of amides is 1. The lowest BCUT2D eigenvalue weighted by Gasteiger charge is -2.13. The van der Waals surface area contributed by atoms with Crippen molar-refractivity contribution >= 4 is 32.7 Å². The molecule has 0 saturated heterocycles. The molecule has 2 aromatic carbocycles. The van der Waals surface area contributed by atoms with Crippen LogP contribution in [0.25, 0.3) is 22.3 Å². The first-order chi connectivity index (χ1) is 14.5. The highest BCUT2D eigenvalue weighted by molar-refractivity contribution is 9.10. The van der Waals surface area contributed by atoms with Crippen LogP contribution in [0.5, 0.6) is 5.75 Å². The fourth-order valence-electron chi connectivity index (χ4n) is 3.33. The number of methoxy groups -OCH3 is 1. The molecule has 1 N–H and O–H groups in total. The highest BCUT2D eigenvalue weighted by Gasteiger charge is 2.15. The van der Waals surface area contributed by atoms with E-state index in [9.17, 15) is 4.79 Å². The predicted octanol–water partition coefficient (Wildman–Crippen LogP) is 5.31. The van der Waals surface area contributed by atoms with Crippen molar-refractivity contribution in [2.75, 3.05) is 7.11 Å². The maximum atomic E-state index is 13.2. The maximum Gasteiger partial charge on any atom is 0.252 e. The Hall–Kier alpha value is -3.25. The van der Waals surface area contributed by atoms with Crippen molar-refractivity contribution < 1.29 is 9.53 Å². The van der Waals surface area contributed by atoms with E-state index in [2.05, 4.69) is 26.2 Å². The van der Waals surface area contributed by atoms with Crippen LogP contribution < -0.4 is 10.1 Å². The SMILES string of the molecule is COc1ccc(Br)cc1CNC(=O)c1cc(-c2ccccn2)nc2ccc(C)cc12. The first-order valence-corrected chi connectivity index (χ1v) is 10.3. The molecule has 30 heavy (non-hydrogen) atoms. The van der Waals surface area contributed by atoms with E-state index in [4.69, 9.17) is 9.72 Å². The Morgan fingerprint density at radius 3 is 2.70 bits per heavy atom. The van der Waals surface area contributed by atoms with Crippen LogP contribution in [0.1, 0.15) is 21.5 Å². The van der Waals surface area contributed by atoms with E-state index in [-0.39, 0.29) is 5.91 Å².